The Balaban J connectivity index is 1.32. The van der Waals surface area contributed by atoms with Gasteiger partial charge in [-0.15, -0.1) is 0 Å². The number of aryl methyl sites for hydroxylation is 2. The Hall–Kier alpha value is -2.82. The summed E-state index contributed by atoms with van der Waals surface area (Å²) in [7, 11) is 0. The van der Waals surface area contributed by atoms with Crippen molar-refractivity contribution in [3.05, 3.63) is 65.7 Å². The summed E-state index contributed by atoms with van der Waals surface area (Å²) in [5, 5.41) is 0. The minimum Gasteiger partial charge on any atom is -0.494 e. The van der Waals surface area contributed by atoms with Gasteiger partial charge in [0.25, 0.3) is 0 Å². The van der Waals surface area contributed by atoms with E-state index in [0.29, 0.717) is 52.0 Å². The molecule has 0 atom stereocenters. The number of carbonyl (C=O) groups excluding carboxylic acids is 2. The molecule has 1 aliphatic rings. The molecule has 5 heteroatoms. The summed E-state index contributed by atoms with van der Waals surface area (Å²) in [6.07, 6.45) is 2.46. The molecule has 0 aromatic heterocycles. The van der Waals surface area contributed by atoms with Crippen LogP contribution in [0.5, 0.6) is 5.75 Å². The van der Waals surface area contributed by atoms with Gasteiger partial charge in [-0.1, -0.05) is 48.0 Å². The largest absolute Gasteiger partial charge is 0.494 e. The number of hydrogen-bond acceptors (Lipinski definition) is 3. The molecule has 29 heavy (non-hydrogen) atoms. The Morgan fingerprint density at radius 2 is 1.41 bits per heavy atom. The molecule has 1 aliphatic heterocycles. The van der Waals surface area contributed by atoms with Crippen molar-refractivity contribution < 1.29 is 14.3 Å². The third-order valence-electron chi connectivity index (χ3n) is 5.28. The molecule has 0 radical (unpaired) electrons. The second kappa shape index (κ2) is 10.6. The van der Waals surface area contributed by atoms with Gasteiger partial charge in [0.05, 0.1) is 6.61 Å². The van der Waals surface area contributed by atoms with Gasteiger partial charge in [-0.3, -0.25) is 9.59 Å². The van der Waals surface area contributed by atoms with Gasteiger partial charge in [-0.25, -0.2) is 0 Å². The molecule has 0 bridgehead atoms. The van der Waals surface area contributed by atoms with Crippen molar-refractivity contribution in [2.45, 2.75) is 32.6 Å². The molecule has 2 amide bonds. The third-order valence-corrected chi connectivity index (χ3v) is 5.28. The Bertz CT molecular complexity index is 782. The predicted molar refractivity (Wildman–Crippen MR) is 114 cm³/mol. The van der Waals surface area contributed by atoms with Crippen LogP contribution < -0.4 is 4.74 Å². The number of carbonyl (C=O) groups is 2. The van der Waals surface area contributed by atoms with Gasteiger partial charge in [-0.05, 0) is 37.5 Å². The number of rotatable bonds is 8. The van der Waals surface area contributed by atoms with E-state index in [0.717, 1.165) is 12.2 Å². The number of benzene rings is 2. The minimum absolute atomic E-state index is 0.147. The molecule has 154 valence electrons. The summed E-state index contributed by atoms with van der Waals surface area (Å²) in [4.78, 5) is 28.6. The second-order valence-corrected chi connectivity index (χ2v) is 7.51. The summed E-state index contributed by atoms with van der Waals surface area (Å²) in [5.74, 6) is 1.15. The number of nitrogens with zero attached hydrogens (tertiary/aromatic N) is 2. The molecular formula is C24H30N2O3. The van der Waals surface area contributed by atoms with Crippen LogP contribution >= 0.6 is 0 Å². The summed E-state index contributed by atoms with van der Waals surface area (Å²) in [5.41, 5.74) is 2.42. The zero-order valence-electron chi connectivity index (χ0n) is 17.2. The molecule has 1 saturated heterocycles. The van der Waals surface area contributed by atoms with Crippen LogP contribution in [0.15, 0.2) is 54.6 Å². The molecule has 2 aromatic carbocycles. The lowest BCUT2D eigenvalue weighted by atomic mass is 10.1. The van der Waals surface area contributed by atoms with E-state index >= 15 is 0 Å². The molecule has 1 heterocycles. The highest BCUT2D eigenvalue weighted by Crippen LogP contribution is 2.12. The van der Waals surface area contributed by atoms with E-state index in [1.54, 1.807) is 0 Å². The van der Waals surface area contributed by atoms with Crippen LogP contribution in [0.3, 0.4) is 0 Å². The predicted octanol–water partition coefficient (Wildman–Crippen LogP) is 3.46. The summed E-state index contributed by atoms with van der Waals surface area (Å²) < 4.78 is 5.64. The smallest absolute Gasteiger partial charge is 0.223 e. The maximum Gasteiger partial charge on any atom is 0.223 e. The molecule has 0 unspecified atom stereocenters. The maximum absolute atomic E-state index is 12.5. The Kier molecular flexibility index (Phi) is 7.68. The lowest BCUT2D eigenvalue weighted by Gasteiger charge is -2.35. The molecule has 2 aromatic rings. The van der Waals surface area contributed by atoms with Crippen molar-refractivity contribution in [1.29, 1.82) is 0 Å². The Morgan fingerprint density at radius 1 is 0.828 bits per heavy atom. The van der Waals surface area contributed by atoms with E-state index in [9.17, 15) is 9.59 Å². The first kappa shape index (κ1) is 20.9. The van der Waals surface area contributed by atoms with E-state index in [-0.39, 0.29) is 11.8 Å². The normalized spacial score (nSPS) is 14.0. The average molecular weight is 395 g/mol. The number of para-hydroxylation sites is 1. The minimum atomic E-state index is 0.147. The number of piperazine rings is 1. The first-order valence-corrected chi connectivity index (χ1v) is 10.4. The molecular weight excluding hydrogens is 364 g/mol. The van der Waals surface area contributed by atoms with Crippen molar-refractivity contribution in [3.8, 4) is 5.75 Å². The first-order valence-electron chi connectivity index (χ1n) is 10.4. The van der Waals surface area contributed by atoms with Gasteiger partial charge in [0.2, 0.25) is 11.8 Å². The fraction of sp³-hybridized carbons (Fsp3) is 0.417. The third kappa shape index (κ3) is 6.63. The van der Waals surface area contributed by atoms with Gasteiger partial charge in [-0.2, -0.15) is 0 Å². The topological polar surface area (TPSA) is 49.9 Å². The quantitative estimate of drug-likeness (QED) is 0.645. The van der Waals surface area contributed by atoms with E-state index in [2.05, 4.69) is 31.2 Å². The van der Waals surface area contributed by atoms with E-state index in [4.69, 9.17) is 4.74 Å². The molecule has 3 rings (SSSR count). The fourth-order valence-corrected chi connectivity index (χ4v) is 3.46. The van der Waals surface area contributed by atoms with Crippen LogP contribution in [0.1, 0.15) is 30.4 Å². The molecule has 0 N–H and O–H groups in total. The highest BCUT2D eigenvalue weighted by Gasteiger charge is 2.23. The van der Waals surface area contributed by atoms with Gasteiger partial charge in [0.1, 0.15) is 5.75 Å². The van der Waals surface area contributed by atoms with Crippen molar-refractivity contribution in [3.63, 3.8) is 0 Å². The number of amides is 2. The van der Waals surface area contributed by atoms with Gasteiger partial charge in [0, 0.05) is 39.0 Å². The maximum atomic E-state index is 12.5. The zero-order chi connectivity index (χ0) is 20.5. The molecule has 0 spiro atoms. The van der Waals surface area contributed by atoms with Crippen molar-refractivity contribution in [2.75, 3.05) is 32.8 Å². The van der Waals surface area contributed by atoms with Crippen LogP contribution in [0.4, 0.5) is 0 Å². The second-order valence-electron chi connectivity index (χ2n) is 7.51. The van der Waals surface area contributed by atoms with E-state index < -0.39 is 0 Å². The number of ether oxygens (including phenoxy) is 1. The molecule has 0 aliphatic carbocycles. The van der Waals surface area contributed by atoms with Crippen molar-refractivity contribution >= 4 is 11.8 Å². The van der Waals surface area contributed by atoms with Gasteiger partial charge >= 0.3 is 0 Å². The standard InChI is InChI=1S/C24H30N2O3/c1-20-9-11-21(12-10-20)13-14-24(28)26-17-15-25(16-18-26)23(27)8-5-19-29-22-6-3-2-4-7-22/h2-4,6-7,9-12H,5,8,13-19H2,1H3. The first-order chi connectivity index (χ1) is 14.1. The van der Waals surface area contributed by atoms with Crippen LogP contribution in [-0.2, 0) is 16.0 Å². The van der Waals surface area contributed by atoms with E-state index in [1.165, 1.54) is 11.1 Å². The van der Waals surface area contributed by atoms with E-state index in [1.807, 2.05) is 40.1 Å². The Morgan fingerprint density at radius 3 is 2.03 bits per heavy atom. The van der Waals surface area contributed by atoms with Gasteiger partial charge in [0.15, 0.2) is 0 Å². The van der Waals surface area contributed by atoms with Crippen LogP contribution in [0.2, 0.25) is 0 Å². The monoisotopic (exact) mass is 394 g/mol. The zero-order valence-corrected chi connectivity index (χ0v) is 17.2. The van der Waals surface area contributed by atoms with Crippen LogP contribution in [0, 0.1) is 6.92 Å². The SMILES string of the molecule is Cc1ccc(CCC(=O)N2CCN(C(=O)CCCOc3ccccc3)CC2)cc1. The molecule has 0 saturated carbocycles. The highest BCUT2D eigenvalue weighted by atomic mass is 16.5. The van der Waals surface area contributed by atoms with Crippen molar-refractivity contribution in [1.82, 2.24) is 9.80 Å². The highest BCUT2D eigenvalue weighted by molar-refractivity contribution is 5.78. The summed E-state index contributed by atoms with van der Waals surface area (Å²) in [6, 6.07) is 18.0. The van der Waals surface area contributed by atoms with Gasteiger partial charge < -0.3 is 14.5 Å². The average Bonchev–Trinajstić information content (AvgIpc) is 2.77. The lowest BCUT2D eigenvalue weighted by molar-refractivity contribution is -0.139. The fourth-order valence-electron chi connectivity index (χ4n) is 3.46. The lowest BCUT2D eigenvalue weighted by Crippen LogP contribution is -2.50. The van der Waals surface area contributed by atoms with Crippen LogP contribution in [0.25, 0.3) is 0 Å². The summed E-state index contributed by atoms with van der Waals surface area (Å²) in [6.45, 7) is 5.08. The van der Waals surface area contributed by atoms with Crippen molar-refractivity contribution in [2.24, 2.45) is 0 Å². The van der Waals surface area contributed by atoms with Crippen LogP contribution in [-0.4, -0.2) is 54.4 Å². The Labute approximate surface area is 173 Å². The molecule has 5 nitrogen and oxygen atoms in total. The summed E-state index contributed by atoms with van der Waals surface area (Å²) >= 11 is 0. The molecule has 1 fully saturated rings. The number of hydrogen-bond donors (Lipinski definition) is 0.